The number of benzene rings is 6. The van der Waals surface area contributed by atoms with Gasteiger partial charge in [0, 0.05) is 45.3 Å². The van der Waals surface area contributed by atoms with Crippen LogP contribution in [0.25, 0.3) is 11.5 Å². The summed E-state index contributed by atoms with van der Waals surface area (Å²) in [7, 11) is 0. The number of carbonyl (C=O) groups is 2. The lowest BCUT2D eigenvalue weighted by Crippen LogP contribution is -2.09. The van der Waals surface area contributed by atoms with Gasteiger partial charge < -0.3 is 19.3 Å². The van der Waals surface area contributed by atoms with E-state index >= 15 is 0 Å². The molecular formula is C42H28N2O4. The van der Waals surface area contributed by atoms with Crippen LogP contribution in [0.1, 0.15) is 11.1 Å². The predicted octanol–water partition coefficient (Wildman–Crippen LogP) is 9.86. The summed E-state index contributed by atoms with van der Waals surface area (Å²) in [5.74, 6) is -0.828. The van der Waals surface area contributed by atoms with Gasteiger partial charge in [-0.15, -0.1) is 0 Å². The van der Waals surface area contributed by atoms with Crippen molar-refractivity contribution in [2.45, 2.75) is 0 Å². The molecule has 0 fully saturated rings. The van der Waals surface area contributed by atoms with Gasteiger partial charge in [0.2, 0.25) is 0 Å². The molecule has 0 saturated carbocycles. The smallest absolute Gasteiger partial charge is 0.348 e. The van der Waals surface area contributed by atoms with Crippen molar-refractivity contribution in [2.24, 2.45) is 0 Å². The van der Waals surface area contributed by atoms with Crippen molar-refractivity contribution in [3.63, 3.8) is 0 Å². The SMILES string of the molecule is O=C1OC(c2ccc(N(c3ccccc3)c3ccccc3)cc2)=C2C(=O)OC(c3ccc(N(c4ccccc4)c4ccccc4)cc3)=C12. The average molecular weight is 625 g/mol. The Balaban J connectivity index is 1.13. The van der Waals surface area contributed by atoms with Gasteiger partial charge in [-0.2, -0.15) is 0 Å². The van der Waals surface area contributed by atoms with E-state index < -0.39 is 11.9 Å². The number of nitrogens with zero attached hydrogens (tertiary/aromatic N) is 2. The maximum Gasteiger partial charge on any atom is 0.348 e. The van der Waals surface area contributed by atoms with Gasteiger partial charge in [-0.05, 0) is 97.1 Å². The summed E-state index contributed by atoms with van der Waals surface area (Å²) < 4.78 is 11.5. The van der Waals surface area contributed by atoms with Gasteiger partial charge in [-0.1, -0.05) is 72.8 Å². The largest absolute Gasteiger partial charge is 0.421 e. The number of hydrogen-bond donors (Lipinski definition) is 0. The second kappa shape index (κ2) is 12.3. The normalized spacial score (nSPS) is 13.7. The lowest BCUT2D eigenvalue weighted by Gasteiger charge is -2.25. The zero-order valence-corrected chi connectivity index (χ0v) is 25.7. The molecule has 0 aromatic heterocycles. The van der Waals surface area contributed by atoms with Gasteiger partial charge in [-0.25, -0.2) is 9.59 Å². The van der Waals surface area contributed by atoms with Crippen LogP contribution in [0.15, 0.2) is 181 Å². The highest BCUT2D eigenvalue weighted by molar-refractivity contribution is 6.24. The average Bonchev–Trinajstić information content (AvgIpc) is 3.68. The van der Waals surface area contributed by atoms with E-state index in [1.54, 1.807) is 0 Å². The first-order valence-corrected chi connectivity index (χ1v) is 15.6. The molecule has 2 aliphatic heterocycles. The van der Waals surface area contributed by atoms with Crippen LogP contribution in [-0.4, -0.2) is 11.9 Å². The molecule has 0 bridgehead atoms. The number of hydrogen-bond acceptors (Lipinski definition) is 6. The summed E-state index contributed by atoms with van der Waals surface area (Å²) in [5, 5.41) is 0. The van der Waals surface area contributed by atoms with Crippen molar-refractivity contribution in [3.05, 3.63) is 192 Å². The monoisotopic (exact) mass is 624 g/mol. The minimum atomic E-state index is -0.612. The van der Waals surface area contributed by atoms with Gasteiger partial charge in [0.25, 0.3) is 0 Å². The van der Waals surface area contributed by atoms with Crippen molar-refractivity contribution in [3.8, 4) is 0 Å². The number of carbonyl (C=O) groups excluding carboxylic acids is 2. The molecular weight excluding hydrogens is 596 g/mol. The topological polar surface area (TPSA) is 59.1 Å². The van der Waals surface area contributed by atoms with Crippen LogP contribution in [-0.2, 0) is 19.1 Å². The van der Waals surface area contributed by atoms with E-state index in [-0.39, 0.29) is 22.7 Å². The van der Waals surface area contributed by atoms with Crippen molar-refractivity contribution in [1.82, 2.24) is 0 Å². The lowest BCUT2D eigenvalue weighted by molar-refractivity contribution is -0.131. The quantitative estimate of drug-likeness (QED) is 0.157. The molecule has 0 spiro atoms. The third-order valence-corrected chi connectivity index (χ3v) is 8.33. The fourth-order valence-electron chi connectivity index (χ4n) is 6.14. The molecule has 2 aliphatic rings. The van der Waals surface area contributed by atoms with Crippen molar-refractivity contribution in [2.75, 3.05) is 9.80 Å². The minimum Gasteiger partial charge on any atom is -0.421 e. The predicted molar refractivity (Wildman–Crippen MR) is 188 cm³/mol. The molecule has 0 atom stereocenters. The molecule has 0 amide bonds. The Bertz CT molecular complexity index is 1940. The molecule has 8 rings (SSSR count). The Morgan fingerprint density at radius 2 is 0.562 bits per heavy atom. The molecule has 6 heteroatoms. The Hall–Kier alpha value is -6.66. The van der Waals surface area contributed by atoms with Gasteiger partial charge in [0.05, 0.1) is 0 Å². The van der Waals surface area contributed by atoms with Gasteiger partial charge >= 0.3 is 11.9 Å². The standard InChI is InChI=1S/C42H28N2O4/c45-41-37-38(40(48-41)30-23-27-36(28-24-30)44(33-17-9-3-10-18-33)34-19-11-4-12-20-34)42(46)47-39(37)29-21-25-35(26-22-29)43(31-13-5-1-6-14-31)32-15-7-2-8-16-32/h1-28H. The molecule has 0 N–H and O–H groups in total. The van der Waals surface area contributed by atoms with Crippen LogP contribution < -0.4 is 9.80 Å². The molecule has 0 unspecified atom stereocenters. The number of para-hydroxylation sites is 4. The van der Waals surface area contributed by atoms with Gasteiger partial charge in [0.1, 0.15) is 11.1 Å². The maximum absolute atomic E-state index is 13.3. The molecule has 0 aliphatic carbocycles. The third-order valence-electron chi connectivity index (χ3n) is 8.33. The van der Waals surface area contributed by atoms with Crippen molar-refractivity contribution < 1.29 is 19.1 Å². The lowest BCUT2D eigenvalue weighted by atomic mass is 10.0. The number of ether oxygens (including phenoxy) is 2. The van der Waals surface area contributed by atoms with E-state index in [4.69, 9.17) is 9.47 Å². The van der Waals surface area contributed by atoms with Crippen LogP contribution in [0.4, 0.5) is 34.1 Å². The molecule has 6 nitrogen and oxygen atoms in total. The number of rotatable bonds is 8. The van der Waals surface area contributed by atoms with Gasteiger partial charge in [-0.3, -0.25) is 0 Å². The number of cyclic esters (lactones) is 2. The molecule has 6 aromatic rings. The van der Waals surface area contributed by atoms with E-state index in [0.29, 0.717) is 11.1 Å². The van der Waals surface area contributed by atoms with E-state index in [1.165, 1.54) is 0 Å². The zero-order valence-electron chi connectivity index (χ0n) is 25.7. The van der Waals surface area contributed by atoms with E-state index in [9.17, 15) is 9.59 Å². The highest BCUT2D eigenvalue weighted by Crippen LogP contribution is 2.45. The summed E-state index contributed by atoms with van der Waals surface area (Å²) in [4.78, 5) is 30.8. The van der Waals surface area contributed by atoms with E-state index in [0.717, 1.165) is 34.1 Å². The fraction of sp³-hybridized carbons (Fsp3) is 0. The highest BCUT2D eigenvalue weighted by atomic mass is 16.6. The zero-order chi connectivity index (χ0) is 32.5. The van der Waals surface area contributed by atoms with Crippen LogP contribution in [0, 0.1) is 0 Å². The van der Waals surface area contributed by atoms with Crippen LogP contribution in [0.2, 0.25) is 0 Å². The van der Waals surface area contributed by atoms with Crippen LogP contribution in [0.5, 0.6) is 0 Å². The Morgan fingerprint density at radius 1 is 0.312 bits per heavy atom. The van der Waals surface area contributed by atoms with E-state index in [2.05, 4.69) is 9.80 Å². The maximum atomic E-state index is 13.3. The Morgan fingerprint density at radius 3 is 0.833 bits per heavy atom. The summed E-state index contributed by atoms with van der Waals surface area (Å²) >= 11 is 0. The molecule has 2 heterocycles. The van der Waals surface area contributed by atoms with E-state index in [1.807, 2.05) is 170 Å². The summed E-state index contributed by atoms with van der Waals surface area (Å²) in [6.07, 6.45) is 0. The minimum absolute atomic E-state index is 0.144. The van der Waals surface area contributed by atoms with Gasteiger partial charge in [0.15, 0.2) is 11.5 Å². The molecule has 0 saturated heterocycles. The molecule has 230 valence electrons. The summed E-state index contributed by atoms with van der Waals surface area (Å²) in [6, 6.07) is 55.5. The van der Waals surface area contributed by atoms with Crippen LogP contribution >= 0.6 is 0 Å². The number of esters is 2. The van der Waals surface area contributed by atoms with Crippen molar-refractivity contribution >= 4 is 57.6 Å². The summed E-state index contributed by atoms with van der Waals surface area (Å²) in [5.41, 5.74) is 7.33. The second-order valence-electron chi connectivity index (χ2n) is 11.3. The third kappa shape index (κ3) is 5.21. The fourth-order valence-corrected chi connectivity index (χ4v) is 6.14. The van der Waals surface area contributed by atoms with Crippen LogP contribution in [0.3, 0.4) is 0 Å². The molecule has 0 radical (unpaired) electrons. The molecule has 48 heavy (non-hydrogen) atoms. The first-order valence-electron chi connectivity index (χ1n) is 15.6. The first-order chi connectivity index (χ1) is 23.7. The number of fused-ring (bicyclic) bond motifs is 1. The number of anilines is 6. The first kappa shape index (κ1) is 28.8. The Kier molecular flexibility index (Phi) is 7.36. The highest BCUT2D eigenvalue weighted by Gasteiger charge is 2.45. The Labute approximate surface area is 278 Å². The van der Waals surface area contributed by atoms with Crippen molar-refractivity contribution in [1.29, 1.82) is 0 Å². The molecule has 6 aromatic carbocycles. The summed E-state index contributed by atoms with van der Waals surface area (Å²) in [6.45, 7) is 0. The second-order valence-corrected chi connectivity index (χ2v) is 11.3.